The van der Waals surface area contributed by atoms with Crippen LogP contribution in [-0.4, -0.2) is 18.5 Å². The molecule has 2 heterocycles. The van der Waals surface area contributed by atoms with Crippen LogP contribution in [0.5, 0.6) is 0 Å². The van der Waals surface area contributed by atoms with Crippen molar-refractivity contribution in [2.75, 3.05) is 11.4 Å². The Balaban J connectivity index is 2.02. The number of hydrogen-bond donors (Lipinski definition) is 1. The van der Waals surface area contributed by atoms with E-state index in [1.165, 1.54) is 11.3 Å². The molecule has 1 atom stereocenters. The number of amides is 1. The summed E-state index contributed by atoms with van der Waals surface area (Å²) in [5.74, 6) is 0.0649. The van der Waals surface area contributed by atoms with E-state index in [9.17, 15) is 4.79 Å². The van der Waals surface area contributed by atoms with E-state index in [1.807, 2.05) is 41.5 Å². The Labute approximate surface area is 116 Å². The molecule has 2 N–H and O–H groups in total. The summed E-state index contributed by atoms with van der Waals surface area (Å²) in [6.07, 6.45) is 0.837. The number of anilines is 1. The van der Waals surface area contributed by atoms with Gasteiger partial charge in [0.15, 0.2) is 0 Å². The monoisotopic (exact) mass is 272 g/mol. The Hall–Kier alpha value is -1.65. The van der Waals surface area contributed by atoms with Gasteiger partial charge in [0.2, 0.25) is 0 Å². The fourth-order valence-corrected chi connectivity index (χ4v) is 3.41. The Morgan fingerprint density at radius 3 is 2.89 bits per heavy atom. The van der Waals surface area contributed by atoms with Gasteiger partial charge in [0.1, 0.15) is 0 Å². The number of hydrogen-bond acceptors (Lipinski definition) is 3. The Morgan fingerprint density at radius 1 is 1.37 bits per heavy atom. The van der Waals surface area contributed by atoms with Crippen molar-refractivity contribution in [3.8, 4) is 0 Å². The van der Waals surface area contributed by atoms with Crippen molar-refractivity contribution in [3.05, 3.63) is 51.7 Å². The maximum atomic E-state index is 12.7. The van der Waals surface area contributed by atoms with Crippen molar-refractivity contribution in [1.29, 1.82) is 0 Å². The van der Waals surface area contributed by atoms with E-state index in [-0.39, 0.29) is 11.9 Å². The largest absolute Gasteiger partial charge is 0.326 e. The zero-order valence-corrected chi connectivity index (χ0v) is 11.6. The normalized spacial score (nSPS) is 18.2. The standard InChI is InChI=1S/C15H16N2OS/c1-10-6-7-19-14(10)15(18)17-9-12(16)8-11-4-2-3-5-13(11)17/h2-7,12H,8-9,16H2,1H3. The fraction of sp³-hybridized carbons (Fsp3) is 0.267. The van der Waals surface area contributed by atoms with Crippen LogP contribution >= 0.6 is 11.3 Å². The zero-order valence-electron chi connectivity index (χ0n) is 10.8. The topological polar surface area (TPSA) is 46.3 Å². The summed E-state index contributed by atoms with van der Waals surface area (Å²) in [6.45, 7) is 2.56. The van der Waals surface area contributed by atoms with Gasteiger partial charge in [0.25, 0.3) is 5.91 Å². The number of benzene rings is 1. The lowest BCUT2D eigenvalue weighted by molar-refractivity contribution is 0.0987. The molecule has 4 heteroatoms. The van der Waals surface area contributed by atoms with Gasteiger partial charge < -0.3 is 10.6 Å². The molecule has 0 fully saturated rings. The molecule has 19 heavy (non-hydrogen) atoms. The van der Waals surface area contributed by atoms with E-state index in [0.717, 1.165) is 28.1 Å². The molecular formula is C15H16N2OS. The van der Waals surface area contributed by atoms with Gasteiger partial charge in [-0.2, -0.15) is 0 Å². The average molecular weight is 272 g/mol. The summed E-state index contributed by atoms with van der Waals surface area (Å²) >= 11 is 1.50. The van der Waals surface area contributed by atoms with E-state index < -0.39 is 0 Å². The van der Waals surface area contributed by atoms with Crippen LogP contribution in [0.4, 0.5) is 5.69 Å². The predicted octanol–water partition coefficient (Wildman–Crippen LogP) is 2.59. The third kappa shape index (κ3) is 2.17. The highest BCUT2D eigenvalue weighted by molar-refractivity contribution is 7.12. The smallest absolute Gasteiger partial charge is 0.268 e. The van der Waals surface area contributed by atoms with Crippen molar-refractivity contribution < 1.29 is 4.79 Å². The summed E-state index contributed by atoms with van der Waals surface area (Å²) in [7, 11) is 0. The molecule has 0 aliphatic carbocycles. The molecule has 1 aromatic carbocycles. The number of carbonyl (C=O) groups excluding carboxylic acids is 1. The molecule has 0 saturated carbocycles. The van der Waals surface area contributed by atoms with Crippen LogP contribution in [0.3, 0.4) is 0 Å². The second kappa shape index (κ2) is 4.79. The molecular weight excluding hydrogens is 256 g/mol. The third-order valence-corrected chi connectivity index (χ3v) is 4.49. The number of thiophene rings is 1. The molecule has 0 spiro atoms. The lowest BCUT2D eigenvalue weighted by Crippen LogP contribution is -2.46. The molecule has 3 nitrogen and oxygen atoms in total. The van der Waals surface area contributed by atoms with Crippen LogP contribution in [0.25, 0.3) is 0 Å². The molecule has 1 aliphatic rings. The minimum Gasteiger partial charge on any atom is -0.326 e. The molecule has 1 amide bonds. The van der Waals surface area contributed by atoms with Crippen LogP contribution in [-0.2, 0) is 6.42 Å². The van der Waals surface area contributed by atoms with Gasteiger partial charge in [-0.05, 0) is 42.0 Å². The summed E-state index contributed by atoms with van der Waals surface area (Å²) in [4.78, 5) is 15.3. The first-order valence-electron chi connectivity index (χ1n) is 6.36. The van der Waals surface area contributed by atoms with Gasteiger partial charge in [0, 0.05) is 18.3 Å². The molecule has 0 radical (unpaired) electrons. The minimum atomic E-state index is 0.0131. The van der Waals surface area contributed by atoms with E-state index in [2.05, 4.69) is 6.07 Å². The lowest BCUT2D eigenvalue weighted by atomic mass is 9.98. The minimum absolute atomic E-state index is 0.0131. The molecule has 2 aromatic rings. The van der Waals surface area contributed by atoms with Gasteiger partial charge in [-0.15, -0.1) is 11.3 Å². The van der Waals surface area contributed by atoms with Crippen LogP contribution in [0, 0.1) is 6.92 Å². The highest BCUT2D eigenvalue weighted by Gasteiger charge is 2.28. The number of rotatable bonds is 1. The SMILES string of the molecule is Cc1ccsc1C(=O)N1CC(N)Cc2ccccc21. The molecule has 1 aromatic heterocycles. The number of aryl methyl sites for hydroxylation is 1. The lowest BCUT2D eigenvalue weighted by Gasteiger charge is -2.32. The van der Waals surface area contributed by atoms with E-state index >= 15 is 0 Å². The maximum absolute atomic E-state index is 12.7. The number of fused-ring (bicyclic) bond motifs is 1. The van der Waals surface area contributed by atoms with Crippen molar-refractivity contribution in [2.45, 2.75) is 19.4 Å². The third-order valence-electron chi connectivity index (χ3n) is 3.48. The van der Waals surface area contributed by atoms with Gasteiger partial charge in [-0.25, -0.2) is 0 Å². The van der Waals surface area contributed by atoms with E-state index in [1.54, 1.807) is 0 Å². The van der Waals surface area contributed by atoms with Crippen LogP contribution in [0.15, 0.2) is 35.7 Å². The molecule has 1 aliphatic heterocycles. The van der Waals surface area contributed by atoms with Crippen LogP contribution in [0.1, 0.15) is 20.8 Å². The number of para-hydroxylation sites is 1. The van der Waals surface area contributed by atoms with Crippen molar-refractivity contribution in [1.82, 2.24) is 0 Å². The number of carbonyl (C=O) groups is 1. The Kier molecular flexibility index (Phi) is 3.12. The predicted molar refractivity (Wildman–Crippen MR) is 78.9 cm³/mol. The van der Waals surface area contributed by atoms with Gasteiger partial charge in [-0.3, -0.25) is 4.79 Å². The zero-order chi connectivity index (χ0) is 13.4. The highest BCUT2D eigenvalue weighted by Crippen LogP contribution is 2.29. The molecule has 0 saturated heterocycles. The van der Waals surface area contributed by atoms with Gasteiger partial charge in [0.05, 0.1) is 4.88 Å². The number of nitrogens with zero attached hydrogens (tertiary/aromatic N) is 1. The molecule has 98 valence electrons. The van der Waals surface area contributed by atoms with E-state index in [4.69, 9.17) is 5.73 Å². The van der Waals surface area contributed by atoms with Crippen molar-refractivity contribution in [3.63, 3.8) is 0 Å². The van der Waals surface area contributed by atoms with Crippen LogP contribution < -0.4 is 10.6 Å². The van der Waals surface area contributed by atoms with Crippen molar-refractivity contribution in [2.24, 2.45) is 5.73 Å². The summed E-state index contributed by atoms with van der Waals surface area (Å²) in [5, 5.41) is 1.96. The quantitative estimate of drug-likeness (QED) is 0.867. The van der Waals surface area contributed by atoms with Crippen LogP contribution in [0.2, 0.25) is 0 Å². The molecule has 0 bridgehead atoms. The first-order valence-corrected chi connectivity index (χ1v) is 7.24. The Morgan fingerprint density at radius 2 is 2.16 bits per heavy atom. The number of nitrogens with two attached hydrogens (primary N) is 1. The van der Waals surface area contributed by atoms with Crippen molar-refractivity contribution >= 4 is 22.9 Å². The second-order valence-electron chi connectivity index (χ2n) is 4.94. The first kappa shape index (κ1) is 12.4. The van der Waals surface area contributed by atoms with E-state index in [0.29, 0.717) is 6.54 Å². The Bertz CT molecular complexity index is 620. The fourth-order valence-electron chi connectivity index (χ4n) is 2.53. The summed E-state index contributed by atoms with van der Waals surface area (Å²) < 4.78 is 0. The molecule has 1 unspecified atom stereocenters. The van der Waals surface area contributed by atoms with Gasteiger partial charge in [-0.1, -0.05) is 18.2 Å². The van der Waals surface area contributed by atoms with Gasteiger partial charge >= 0.3 is 0 Å². The molecule has 3 rings (SSSR count). The summed E-state index contributed by atoms with van der Waals surface area (Å²) in [5.41, 5.74) is 9.27. The highest BCUT2D eigenvalue weighted by atomic mass is 32.1. The summed E-state index contributed by atoms with van der Waals surface area (Å²) in [6, 6.07) is 10.0. The average Bonchev–Trinajstić information content (AvgIpc) is 2.83. The maximum Gasteiger partial charge on any atom is 0.268 e. The second-order valence-corrected chi connectivity index (χ2v) is 5.86. The first-order chi connectivity index (χ1) is 9.16.